The minimum atomic E-state index is -1.13. The summed E-state index contributed by atoms with van der Waals surface area (Å²) in [5, 5.41) is 9.22. The first-order chi connectivity index (χ1) is 8.38. The fourth-order valence-corrected chi connectivity index (χ4v) is 2.53. The van der Waals surface area contributed by atoms with E-state index >= 15 is 0 Å². The fraction of sp³-hybridized carbons (Fsp3) is 0.400. The van der Waals surface area contributed by atoms with Gasteiger partial charge in [-0.15, -0.1) is 0 Å². The number of carbonyl (C=O) groups is 1. The molecule has 2 nitrogen and oxygen atoms in total. The Balaban J connectivity index is 2.64. The van der Waals surface area contributed by atoms with E-state index in [1.54, 1.807) is 0 Å². The third kappa shape index (κ3) is 5.82. The van der Waals surface area contributed by atoms with Gasteiger partial charge in [0.15, 0.2) is 0 Å². The van der Waals surface area contributed by atoms with E-state index in [1.807, 2.05) is 42.5 Å². The first-order valence-electron chi connectivity index (χ1n) is 6.32. The molecule has 1 atom stereocenters. The number of hydrogen-bond donors (Lipinski definition) is 1. The molecule has 0 amide bonds. The topological polar surface area (TPSA) is 37.3 Å². The molecule has 0 aromatic heterocycles. The molecule has 1 aromatic rings. The Morgan fingerprint density at radius 1 is 1.28 bits per heavy atom. The average molecular weight is 262 g/mol. The van der Waals surface area contributed by atoms with Gasteiger partial charge < -0.3 is 5.11 Å². The maximum Gasteiger partial charge on any atom is 0.310 e. The van der Waals surface area contributed by atoms with Crippen LogP contribution in [0.3, 0.4) is 0 Å². The van der Waals surface area contributed by atoms with E-state index in [0.717, 1.165) is 11.6 Å². The molecule has 18 heavy (non-hydrogen) atoms. The molecule has 0 radical (unpaired) electrons. The third-order valence-electron chi connectivity index (χ3n) is 2.71. The van der Waals surface area contributed by atoms with Gasteiger partial charge in [-0.25, -0.2) is 0 Å². The monoisotopic (exact) mass is 262 g/mol. The van der Waals surface area contributed by atoms with E-state index in [9.17, 15) is 9.90 Å². The van der Waals surface area contributed by atoms with Gasteiger partial charge in [-0.05, 0) is 18.0 Å². The van der Waals surface area contributed by atoms with Crippen molar-refractivity contribution in [1.82, 2.24) is 0 Å². The summed E-state index contributed by atoms with van der Waals surface area (Å²) in [7, 11) is -1.13. The largest absolute Gasteiger partial charge is 0.481 e. The summed E-state index contributed by atoms with van der Waals surface area (Å²) in [6, 6.07) is 10.8. The summed E-state index contributed by atoms with van der Waals surface area (Å²) in [5.74, 6) is -1.16. The number of carboxylic acids is 1. The summed E-state index contributed by atoms with van der Waals surface area (Å²) >= 11 is 0. The fourth-order valence-electron chi connectivity index (χ4n) is 1.69. The minimum Gasteiger partial charge on any atom is -0.481 e. The summed E-state index contributed by atoms with van der Waals surface area (Å²) in [6.45, 7) is 6.85. The van der Waals surface area contributed by atoms with Crippen LogP contribution in [0, 0.1) is 5.92 Å². The van der Waals surface area contributed by atoms with E-state index in [0.29, 0.717) is 6.42 Å². The molecule has 0 saturated carbocycles. The molecule has 1 aromatic carbocycles. The predicted molar refractivity (Wildman–Crippen MR) is 78.6 cm³/mol. The van der Waals surface area contributed by atoms with Crippen molar-refractivity contribution in [3.05, 3.63) is 48.0 Å². The highest BCUT2D eigenvalue weighted by Gasteiger charge is 2.15. The van der Waals surface area contributed by atoms with Crippen molar-refractivity contribution in [2.24, 2.45) is 5.92 Å². The SMILES string of the molecule is C[Si](C)(C)C/C=C/C(Cc1ccccc1)C(=O)O. The number of carboxylic acid groups (broad SMARTS) is 1. The normalized spacial score (nSPS) is 13.7. The summed E-state index contributed by atoms with van der Waals surface area (Å²) in [5.41, 5.74) is 1.07. The highest BCUT2D eigenvalue weighted by Crippen LogP contribution is 2.14. The Morgan fingerprint density at radius 2 is 1.89 bits per heavy atom. The van der Waals surface area contributed by atoms with Crippen molar-refractivity contribution in [3.63, 3.8) is 0 Å². The first-order valence-corrected chi connectivity index (χ1v) is 10.0. The first kappa shape index (κ1) is 14.7. The Bertz CT molecular complexity index is 404. The molecule has 0 aliphatic heterocycles. The molecule has 0 heterocycles. The standard InChI is InChI=1S/C15H22O2Si/c1-18(2,3)11-7-10-14(15(16)17)12-13-8-5-4-6-9-13/h4-10,14H,11-12H2,1-3H3,(H,16,17)/b10-7+. The van der Waals surface area contributed by atoms with Crippen molar-refractivity contribution in [1.29, 1.82) is 0 Å². The Hall–Kier alpha value is -1.35. The number of allylic oxidation sites excluding steroid dienone is 1. The van der Waals surface area contributed by atoms with Crippen molar-refractivity contribution in [3.8, 4) is 0 Å². The smallest absolute Gasteiger partial charge is 0.310 e. The lowest BCUT2D eigenvalue weighted by Gasteiger charge is -2.13. The molecule has 0 aliphatic carbocycles. The Morgan fingerprint density at radius 3 is 2.39 bits per heavy atom. The van der Waals surface area contributed by atoms with Gasteiger partial charge in [-0.2, -0.15) is 0 Å². The van der Waals surface area contributed by atoms with Crippen LogP contribution in [0.2, 0.25) is 25.7 Å². The average Bonchev–Trinajstić information content (AvgIpc) is 2.27. The van der Waals surface area contributed by atoms with Crippen LogP contribution in [0.1, 0.15) is 5.56 Å². The van der Waals surface area contributed by atoms with E-state index in [4.69, 9.17) is 0 Å². The van der Waals surface area contributed by atoms with Crippen LogP contribution in [0.25, 0.3) is 0 Å². The molecule has 3 heteroatoms. The zero-order valence-corrected chi connectivity index (χ0v) is 12.4. The van der Waals surface area contributed by atoms with E-state index in [2.05, 4.69) is 19.6 Å². The Labute approximate surface area is 110 Å². The number of rotatable bonds is 6. The van der Waals surface area contributed by atoms with Crippen molar-refractivity contribution in [2.45, 2.75) is 32.1 Å². The second-order valence-corrected chi connectivity index (χ2v) is 11.4. The van der Waals surface area contributed by atoms with Crippen LogP contribution < -0.4 is 0 Å². The molecular formula is C15H22O2Si. The van der Waals surface area contributed by atoms with Gasteiger partial charge in [0.25, 0.3) is 0 Å². The zero-order chi connectivity index (χ0) is 13.6. The van der Waals surface area contributed by atoms with Crippen LogP contribution in [-0.2, 0) is 11.2 Å². The number of aliphatic carboxylic acids is 1. The molecule has 0 aliphatic rings. The van der Waals surface area contributed by atoms with Crippen LogP contribution in [0.5, 0.6) is 0 Å². The second kappa shape index (κ2) is 6.54. The molecule has 0 saturated heterocycles. The molecule has 1 unspecified atom stereocenters. The lowest BCUT2D eigenvalue weighted by atomic mass is 9.99. The molecule has 0 bridgehead atoms. The predicted octanol–water partition coefficient (Wildman–Crippen LogP) is 3.82. The lowest BCUT2D eigenvalue weighted by Crippen LogP contribution is -2.18. The highest BCUT2D eigenvalue weighted by atomic mass is 28.3. The Kier molecular flexibility index (Phi) is 5.35. The van der Waals surface area contributed by atoms with Crippen LogP contribution >= 0.6 is 0 Å². The molecule has 1 rings (SSSR count). The van der Waals surface area contributed by atoms with E-state index in [-0.39, 0.29) is 0 Å². The molecular weight excluding hydrogens is 240 g/mol. The van der Waals surface area contributed by atoms with Gasteiger partial charge in [0.05, 0.1) is 5.92 Å². The van der Waals surface area contributed by atoms with Gasteiger partial charge in [0.2, 0.25) is 0 Å². The maximum absolute atomic E-state index is 11.2. The molecule has 0 spiro atoms. The third-order valence-corrected chi connectivity index (χ3v) is 4.17. The van der Waals surface area contributed by atoms with Gasteiger partial charge in [0, 0.05) is 8.07 Å². The van der Waals surface area contributed by atoms with Gasteiger partial charge in [-0.1, -0.05) is 62.1 Å². The molecule has 1 N–H and O–H groups in total. The van der Waals surface area contributed by atoms with Gasteiger partial charge in [-0.3, -0.25) is 4.79 Å². The summed E-state index contributed by atoms with van der Waals surface area (Å²) in [4.78, 5) is 11.2. The minimum absolute atomic E-state index is 0.413. The van der Waals surface area contributed by atoms with Crippen LogP contribution in [0.4, 0.5) is 0 Å². The van der Waals surface area contributed by atoms with Gasteiger partial charge in [0.1, 0.15) is 0 Å². The number of benzene rings is 1. The van der Waals surface area contributed by atoms with Crippen LogP contribution in [0.15, 0.2) is 42.5 Å². The van der Waals surface area contributed by atoms with Crippen molar-refractivity contribution < 1.29 is 9.90 Å². The molecule has 0 fully saturated rings. The van der Waals surface area contributed by atoms with Crippen molar-refractivity contribution >= 4 is 14.0 Å². The van der Waals surface area contributed by atoms with Crippen molar-refractivity contribution in [2.75, 3.05) is 0 Å². The lowest BCUT2D eigenvalue weighted by molar-refractivity contribution is -0.140. The van der Waals surface area contributed by atoms with Crippen LogP contribution in [-0.4, -0.2) is 19.1 Å². The number of hydrogen-bond acceptors (Lipinski definition) is 1. The highest BCUT2D eigenvalue weighted by molar-refractivity contribution is 6.76. The quantitative estimate of drug-likeness (QED) is 0.625. The zero-order valence-electron chi connectivity index (χ0n) is 11.4. The maximum atomic E-state index is 11.2. The summed E-state index contributed by atoms with van der Waals surface area (Å²) in [6.07, 6.45) is 4.47. The molecule has 98 valence electrons. The van der Waals surface area contributed by atoms with Gasteiger partial charge >= 0.3 is 5.97 Å². The van der Waals surface area contributed by atoms with E-state index < -0.39 is 20.0 Å². The summed E-state index contributed by atoms with van der Waals surface area (Å²) < 4.78 is 0. The van der Waals surface area contributed by atoms with E-state index in [1.165, 1.54) is 0 Å². The second-order valence-electron chi connectivity index (χ2n) is 5.83.